The molecule has 0 aliphatic heterocycles. The monoisotopic (exact) mass is 693 g/mol. The molecular weight excluding hydrogens is 638 g/mol. The largest absolute Gasteiger partial charge is 0.368 e. The van der Waals surface area contributed by atoms with Gasteiger partial charge in [0.1, 0.15) is 30.2 Å². The van der Waals surface area contributed by atoms with Crippen LogP contribution in [-0.4, -0.2) is 78.2 Å². The molecule has 0 saturated carbocycles. The van der Waals surface area contributed by atoms with Crippen LogP contribution in [0.4, 0.5) is 0 Å². The van der Waals surface area contributed by atoms with Gasteiger partial charge in [0.2, 0.25) is 35.4 Å². The van der Waals surface area contributed by atoms with E-state index in [4.69, 9.17) is 5.73 Å². The van der Waals surface area contributed by atoms with E-state index in [1.54, 1.807) is 26.0 Å². The average molecular weight is 694 g/mol. The van der Waals surface area contributed by atoms with Gasteiger partial charge in [0.15, 0.2) is 0 Å². The summed E-state index contributed by atoms with van der Waals surface area (Å²) in [5.74, 6) is -3.76. The van der Waals surface area contributed by atoms with E-state index in [0.717, 1.165) is 11.1 Å². The smallest absolute Gasteiger partial charge is 0.243 e. The maximum absolute atomic E-state index is 14.0. The van der Waals surface area contributed by atoms with Gasteiger partial charge < -0.3 is 37.6 Å². The molecule has 0 radical (unpaired) electrons. The molecular formula is C37H55N7O6. The molecule has 0 aliphatic rings. The predicted octanol–water partition coefficient (Wildman–Crippen LogP) is 1.10. The molecule has 0 aromatic heterocycles. The summed E-state index contributed by atoms with van der Waals surface area (Å²) in [6, 6.07) is 13.0. The second-order valence-electron chi connectivity index (χ2n) is 13.6. The fourth-order valence-corrected chi connectivity index (χ4v) is 5.11. The van der Waals surface area contributed by atoms with Gasteiger partial charge in [0.25, 0.3) is 0 Å². The Morgan fingerprint density at radius 3 is 1.48 bits per heavy atom. The van der Waals surface area contributed by atoms with E-state index in [9.17, 15) is 28.8 Å². The van der Waals surface area contributed by atoms with Crippen LogP contribution in [-0.2, 0) is 41.6 Å². The highest BCUT2D eigenvalue weighted by atomic mass is 16.2. The van der Waals surface area contributed by atoms with Crippen molar-refractivity contribution in [3.05, 3.63) is 71.8 Å². The van der Waals surface area contributed by atoms with Gasteiger partial charge in [-0.3, -0.25) is 28.8 Å². The third kappa shape index (κ3) is 14.8. The molecule has 50 heavy (non-hydrogen) atoms. The number of amides is 6. The first-order chi connectivity index (χ1) is 23.6. The van der Waals surface area contributed by atoms with Gasteiger partial charge >= 0.3 is 0 Å². The van der Waals surface area contributed by atoms with Crippen LogP contribution >= 0.6 is 0 Å². The summed E-state index contributed by atoms with van der Waals surface area (Å²) in [4.78, 5) is 78.9. The van der Waals surface area contributed by atoms with Gasteiger partial charge in [-0.15, -0.1) is 0 Å². The number of rotatable bonds is 20. The lowest BCUT2D eigenvalue weighted by Gasteiger charge is -2.28. The quantitative estimate of drug-likeness (QED) is 0.108. The maximum Gasteiger partial charge on any atom is 0.243 e. The molecule has 2 rings (SSSR count). The highest BCUT2D eigenvalue weighted by molar-refractivity contribution is 5.96. The number of hydrogen-bond acceptors (Lipinski definition) is 7. The molecule has 6 amide bonds. The van der Waals surface area contributed by atoms with Crippen LogP contribution in [0.1, 0.15) is 66.0 Å². The summed E-state index contributed by atoms with van der Waals surface area (Å²) in [7, 11) is 0. The molecule has 13 heteroatoms. The van der Waals surface area contributed by atoms with Crippen molar-refractivity contribution >= 4 is 35.4 Å². The molecule has 274 valence electrons. The third-order valence-corrected chi connectivity index (χ3v) is 7.89. The van der Waals surface area contributed by atoms with Crippen molar-refractivity contribution in [2.24, 2.45) is 17.6 Å². The lowest BCUT2D eigenvalue weighted by Crippen LogP contribution is -2.60. The molecule has 0 unspecified atom stereocenters. The molecule has 2 aromatic rings. The Balaban J connectivity index is 2.33. The summed E-state index contributed by atoms with van der Waals surface area (Å²) in [6.45, 7) is 12.6. The number of nitrogens with one attached hydrogen (secondary N) is 6. The Morgan fingerprint density at radius 1 is 0.580 bits per heavy atom. The number of carbonyl (C=O) groups is 6. The zero-order valence-electron chi connectivity index (χ0n) is 30.2. The van der Waals surface area contributed by atoms with Crippen molar-refractivity contribution in [1.29, 1.82) is 0 Å². The van der Waals surface area contributed by atoms with Gasteiger partial charge in [-0.1, -0.05) is 102 Å². The number of carbonyl (C=O) groups excluding carboxylic acids is 6. The van der Waals surface area contributed by atoms with Crippen LogP contribution in [0.15, 0.2) is 60.7 Å². The maximum atomic E-state index is 14.0. The normalized spacial score (nSPS) is 14.2. The summed E-state index contributed by atoms with van der Waals surface area (Å²) < 4.78 is 0. The Labute approximate surface area is 295 Å². The molecule has 0 fully saturated rings. The van der Waals surface area contributed by atoms with E-state index in [1.807, 2.05) is 76.2 Å². The Kier molecular flexibility index (Phi) is 17.1. The summed E-state index contributed by atoms with van der Waals surface area (Å²) in [6.07, 6.45) is 0.524. The molecule has 0 aliphatic carbocycles. The SMILES string of the molecule is CC(C)C[C@@H](NC(=O)[C@H](NC(=O)[C@@H](Cc1ccccc1)NC(=O)[C@@H](Cc1ccccc1)NC(=O)[C@@H](C)NC(=O)CNC(C)C)C(C)C)C(N)=O. The minimum Gasteiger partial charge on any atom is -0.368 e. The predicted molar refractivity (Wildman–Crippen MR) is 192 cm³/mol. The summed E-state index contributed by atoms with van der Waals surface area (Å²) in [5.41, 5.74) is 7.05. The van der Waals surface area contributed by atoms with E-state index in [0.29, 0.717) is 6.42 Å². The van der Waals surface area contributed by atoms with E-state index < -0.39 is 59.7 Å². The highest BCUT2D eigenvalue weighted by Crippen LogP contribution is 2.11. The molecule has 8 N–H and O–H groups in total. The van der Waals surface area contributed by atoms with Gasteiger partial charge in [-0.2, -0.15) is 0 Å². The molecule has 0 heterocycles. The molecule has 0 saturated heterocycles. The fraction of sp³-hybridized carbons (Fsp3) is 0.514. The topological polar surface area (TPSA) is 201 Å². The number of nitrogens with two attached hydrogens (primary N) is 1. The molecule has 0 bridgehead atoms. The van der Waals surface area contributed by atoms with Crippen molar-refractivity contribution in [3.63, 3.8) is 0 Å². The molecule has 13 nitrogen and oxygen atoms in total. The first-order valence-corrected chi connectivity index (χ1v) is 17.2. The highest BCUT2D eigenvalue weighted by Gasteiger charge is 2.33. The number of primary amides is 1. The van der Waals surface area contributed by atoms with Crippen molar-refractivity contribution in [3.8, 4) is 0 Å². The molecule has 0 spiro atoms. The third-order valence-electron chi connectivity index (χ3n) is 7.89. The van der Waals surface area contributed by atoms with Crippen LogP contribution < -0.4 is 37.6 Å². The Hall–Kier alpha value is -4.78. The van der Waals surface area contributed by atoms with Gasteiger partial charge in [-0.05, 0) is 36.3 Å². The fourth-order valence-electron chi connectivity index (χ4n) is 5.11. The van der Waals surface area contributed by atoms with E-state index in [-0.39, 0.29) is 43.2 Å². The van der Waals surface area contributed by atoms with Crippen molar-refractivity contribution < 1.29 is 28.8 Å². The second-order valence-corrected chi connectivity index (χ2v) is 13.6. The van der Waals surface area contributed by atoms with Crippen molar-refractivity contribution in [1.82, 2.24) is 31.9 Å². The minimum atomic E-state index is -1.14. The minimum absolute atomic E-state index is 0.0236. The van der Waals surface area contributed by atoms with Gasteiger partial charge in [-0.25, -0.2) is 0 Å². The van der Waals surface area contributed by atoms with Crippen LogP contribution in [0.2, 0.25) is 0 Å². The Bertz CT molecular complexity index is 1420. The first kappa shape index (κ1) is 41.4. The standard InChI is InChI=1S/C37H55N7O6/c1-22(2)18-28(33(38)46)41-37(50)32(23(3)4)44-36(49)30(20-27-16-12-9-13-17-27)43-35(48)29(19-26-14-10-8-11-15-26)42-34(47)25(7)40-31(45)21-39-24(5)6/h8-17,22-25,28-30,32,39H,18-21H2,1-7H3,(H2,38,46)(H,40,45)(H,41,50)(H,42,47)(H,43,48)(H,44,49)/t25-,28-,29-,30-,32-/m1/s1. The lowest BCUT2D eigenvalue weighted by atomic mass is 9.98. The van der Waals surface area contributed by atoms with Crippen LogP contribution in [0, 0.1) is 11.8 Å². The van der Waals surface area contributed by atoms with E-state index in [2.05, 4.69) is 31.9 Å². The second kappa shape index (κ2) is 20.7. The summed E-state index contributed by atoms with van der Waals surface area (Å²) in [5, 5.41) is 16.6. The molecule has 2 aromatic carbocycles. The zero-order chi connectivity index (χ0) is 37.4. The van der Waals surface area contributed by atoms with Crippen LogP contribution in [0.25, 0.3) is 0 Å². The zero-order valence-corrected chi connectivity index (χ0v) is 30.2. The van der Waals surface area contributed by atoms with Gasteiger partial charge in [0, 0.05) is 18.9 Å². The van der Waals surface area contributed by atoms with E-state index >= 15 is 0 Å². The molecule has 5 atom stereocenters. The van der Waals surface area contributed by atoms with Crippen molar-refractivity contribution in [2.45, 2.75) is 104 Å². The Morgan fingerprint density at radius 2 is 1.04 bits per heavy atom. The van der Waals surface area contributed by atoms with Crippen LogP contribution in [0.5, 0.6) is 0 Å². The average Bonchev–Trinajstić information content (AvgIpc) is 3.05. The summed E-state index contributed by atoms with van der Waals surface area (Å²) >= 11 is 0. The van der Waals surface area contributed by atoms with Crippen LogP contribution in [0.3, 0.4) is 0 Å². The van der Waals surface area contributed by atoms with Gasteiger partial charge in [0.05, 0.1) is 6.54 Å². The first-order valence-electron chi connectivity index (χ1n) is 17.2. The number of benzene rings is 2. The number of hydrogen-bond donors (Lipinski definition) is 7. The lowest BCUT2D eigenvalue weighted by molar-refractivity contribution is -0.135. The van der Waals surface area contributed by atoms with Crippen molar-refractivity contribution in [2.75, 3.05) is 6.54 Å². The van der Waals surface area contributed by atoms with E-state index in [1.165, 1.54) is 6.92 Å².